The molecule has 0 amide bonds. The van der Waals surface area contributed by atoms with Crippen molar-refractivity contribution in [3.63, 3.8) is 0 Å². The van der Waals surface area contributed by atoms with Crippen molar-refractivity contribution in [2.75, 3.05) is 0 Å². The molecular formula is C32H38F2. The van der Waals surface area contributed by atoms with Gasteiger partial charge in [-0.05, 0) is 96.6 Å². The van der Waals surface area contributed by atoms with Gasteiger partial charge in [-0.3, -0.25) is 0 Å². The Labute approximate surface area is 204 Å². The number of halogens is 2. The molecule has 0 nitrogen and oxygen atoms in total. The lowest BCUT2D eigenvalue weighted by Crippen LogP contribution is -2.14. The highest BCUT2D eigenvalue weighted by molar-refractivity contribution is 5.64. The molecule has 180 valence electrons. The van der Waals surface area contributed by atoms with Crippen molar-refractivity contribution in [2.24, 2.45) is 5.92 Å². The summed E-state index contributed by atoms with van der Waals surface area (Å²) in [6, 6.07) is 21.7. The smallest absolute Gasteiger partial charge is 0.162 e. The second kappa shape index (κ2) is 11.8. The molecule has 1 fully saturated rings. The summed E-state index contributed by atoms with van der Waals surface area (Å²) in [6.07, 6.45) is 10.0. The molecule has 3 aromatic carbocycles. The molecule has 0 aliphatic heterocycles. The van der Waals surface area contributed by atoms with Gasteiger partial charge >= 0.3 is 0 Å². The molecule has 0 radical (unpaired) electrons. The van der Waals surface area contributed by atoms with Gasteiger partial charge < -0.3 is 0 Å². The van der Waals surface area contributed by atoms with Crippen LogP contribution in [0.4, 0.5) is 8.78 Å². The fourth-order valence-electron chi connectivity index (χ4n) is 5.53. The summed E-state index contributed by atoms with van der Waals surface area (Å²) in [5.74, 6) is -0.0437. The summed E-state index contributed by atoms with van der Waals surface area (Å²) in [6.45, 7) is 4.20. The molecule has 0 heterocycles. The largest absolute Gasteiger partial charge is 0.203 e. The summed E-state index contributed by atoms with van der Waals surface area (Å²) in [5.41, 5.74) is 6.44. The van der Waals surface area contributed by atoms with Gasteiger partial charge in [0.1, 0.15) is 0 Å². The molecule has 0 spiro atoms. The molecule has 4 rings (SSSR count). The van der Waals surface area contributed by atoms with Gasteiger partial charge in [-0.15, -0.1) is 0 Å². The van der Waals surface area contributed by atoms with Crippen LogP contribution in [0.2, 0.25) is 0 Å². The number of hydrogen-bond acceptors (Lipinski definition) is 0. The van der Waals surface area contributed by atoms with E-state index in [1.54, 1.807) is 12.1 Å². The number of hydrogen-bond donors (Lipinski definition) is 0. The fourth-order valence-corrected chi connectivity index (χ4v) is 5.53. The Morgan fingerprint density at radius 3 is 1.71 bits per heavy atom. The minimum absolute atomic E-state index is 0.504. The maximum Gasteiger partial charge on any atom is 0.162 e. The Balaban J connectivity index is 1.29. The van der Waals surface area contributed by atoms with Crippen LogP contribution in [0.15, 0.2) is 60.7 Å². The highest BCUT2D eigenvalue weighted by Gasteiger charge is 2.23. The average molecular weight is 461 g/mol. The lowest BCUT2D eigenvalue weighted by atomic mass is 9.76. The van der Waals surface area contributed by atoms with Crippen LogP contribution in [0.5, 0.6) is 0 Å². The first-order valence-electron chi connectivity index (χ1n) is 13.2. The molecule has 1 aliphatic rings. The van der Waals surface area contributed by atoms with Crippen LogP contribution in [-0.2, 0) is 19.3 Å². The number of aryl methyl sites for hydroxylation is 3. The second-order valence-electron chi connectivity index (χ2n) is 10.1. The van der Waals surface area contributed by atoms with E-state index < -0.39 is 11.6 Å². The van der Waals surface area contributed by atoms with Crippen molar-refractivity contribution in [1.82, 2.24) is 0 Å². The molecular weight excluding hydrogens is 422 g/mol. The maximum absolute atomic E-state index is 14.5. The van der Waals surface area contributed by atoms with Gasteiger partial charge in [0, 0.05) is 0 Å². The normalized spacial score (nSPS) is 18.2. The maximum atomic E-state index is 14.5. The summed E-state index contributed by atoms with van der Waals surface area (Å²) < 4.78 is 28.7. The Hall–Kier alpha value is -2.48. The van der Waals surface area contributed by atoms with Crippen LogP contribution in [-0.4, -0.2) is 0 Å². The van der Waals surface area contributed by atoms with E-state index in [2.05, 4.69) is 55.5 Å². The minimum atomic E-state index is -0.636. The van der Waals surface area contributed by atoms with Gasteiger partial charge in [0.15, 0.2) is 11.6 Å². The van der Waals surface area contributed by atoms with Crippen molar-refractivity contribution in [1.29, 1.82) is 0 Å². The van der Waals surface area contributed by atoms with Gasteiger partial charge in [0.05, 0.1) is 0 Å². The molecule has 34 heavy (non-hydrogen) atoms. The molecule has 1 saturated carbocycles. The van der Waals surface area contributed by atoms with Crippen molar-refractivity contribution < 1.29 is 8.78 Å². The summed E-state index contributed by atoms with van der Waals surface area (Å²) in [4.78, 5) is 0. The average Bonchev–Trinajstić information content (AvgIpc) is 2.88. The zero-order chi connectivity index (χ0) is 23.9. The van der Waals surface area contributed by atoms with Gasteiger partial charge in [0.25, 0.3) is 0 Å². The van der Waals surface area contributed by atoms with Crippen LogP contribution in [0, 0.1) is 17.6 Å². The SMILES string of the molecule is CCCc1ccc(-c2ccc(C3CCC(CCc4ccc(CCC)c(F)c4F)CC3)cc2)cc1. The fraction of sp³-hybridized carbons (Fsp3) is 0.438. The highest BCUT2D eigenvalue weighted by atomic mass is 19.2. The Bertz CT molecular complexity index is 1040. The Kier molecular flexibility index (Phi) is 8.53. The van der Waals surface area contributed by atoms with Gasteiger partial charge in [-0.1, -0.05) is 87.4 Å². The van der Waals surface area contributed by atoms with Crippen LogP contribution in [0.25, 0.3) is 11.1 Å². The predicted molar refractivity (Wildman–Crippen MR) is 139 cm³/mol. The zero-order valence-corrected chi connectivity index (χ0v) is 20.8. The molecule has 0 N–H and O–H groups in total. The monoisotopic (exact) mass is 460 g/mol. The number of rotatable bonds is 9. The molecule has 0 bridgehead atoms. The van der Waals surface area contributed by atoms with Crippen LogP contribution in [0.3, 0.4) is 0 Å². The van der Waals surface area contributed by atoms with Gasteiger partial charge in [-0.25, -0.2) is 8.78 Å². The van der Waals surface area contributed by atoms with E-state index >= 15 is 0 Å². The van der Waals surface area contributed by atoms with E-state index in [1.807, 2.05) is 6.92 Å². The van der Waals surface area contributed by atoms with Crippen molar-refractivity contribution in [3.8, 4) is 11.1 Å². The summed E-state index contributed by atoms with van der Waals surface area (Å²) in [7, 11) is 0. The lowest BCUT2D eigenvalue weighted by molar-refractivity contribution is 0.309. The van der Waals surface area contributed by atoms with E-state index in [0.717, 1.165) is 19.3 Å². The van der Waals surface area contributed by atoms with Crippen molar-refractivity contribution in [2.45, 2.75) is 84.0 Å². The topological polar surface area (TPSA) is 0 Å². The van der Waals surface area contributed by atoms with Gasteiger partial charge in [0.2, 0.25) is 0 Å². The molecule has 0 unspecified atom stereocenters. The third kappa shape index (κ3) is 5.95. The quantitative estimate of drug-likeness (QED) is 0.298. The van der Waals surface area contributed by atoms with E-state index in [1.165, 1.54) is 54.4 Å². The molecule has 0 atom stereocenters. The first kappa shape index (κ1) is 24.6. The van der Waals surface area contributed by atoms with E-state index in [-0.39, 0.29) is 0 Å². The second-order valence-corrected chi connectivity index (χ2v) is 10.1. The Morgan fingerprint density at radius 1 is 0.618 bits per heavy atom. The van der Waals surface area contributed by atoms with E-state index in [4.69, 9.17) is 0 Å². The summed E-state index contributed by atoms with van der Waals surface area (Å²) in [5, 5.41) is 0. The zero-order valence-electron chi connectivity index (χ0n) is 20.8. The third-order valence-electron chi connectivity index (χ3n) is 7.64. The molecule has 0 saturated heterocycles. The molecule has 2 heteroatoms. The lowest BCUT2D eigenvalue weighted by Gasteiger charge is -2.29. The summed E-state index contributed by atoms with van der Waals surface area (Å²) >= 11 is 0. The van der Waals surface area contributed by atoms with E-state index in [0.29, 0.717) is 35.8 Å². The molecule has 0 aromatic heterocycles. The van der Waals surface area contributed by atoms with Crippen molar-refractivity contribution in [3.05, 3.63) is 94.6 Å². The van der Waals surface area contributed by atoms with Gasteiger partial charge in [-0.2, -0.15) is 0 Å². The van der Waals surface area contributed by atoms with E-state index in [9.17, 15) is 8.78 Å². The van der Waals surface area contributed by atoms with Crippen LogP contribution >= 0.6 is 0 Å². The minimum Gasteiger partial charge on any atom is -0.203 e. The predicted octanol–water partition coefficient (Wildman–Crippen LogP) is 9.44. The standard InChI is InChI=1S/C32H38F2/c1-3-5-23-7-12-25(13-8-23)27-17-19-28(20-18-27)26-14-9-24(10-15-26)11-16-30-22-21-29(6-4-2)31(33)32(30)34/h7-8,12-13,17-22,24,26H,3-6,9-11,14-16H2,1-2H3. The third-order valence-corrected chi connectivity index (χ3v) is 7.64. The Morgan fingerprint density at radius 2 is 1.15 bits per heavy atom. The first-order chi connectivity index (χ1) is 16.6. The molecule has 1 aliphatic carbocycles. The number of benzene rings is 3. The van der Waals surface area contributed by atoms with Crippen LogP contribution in [0.1, 0.15) is 87.0 Å². The molecule has 3 aromatic rings. The van der Waals surface area contributed by atoms with Crippen molar-refractivity contribution >= 4 is 0 Å². The van der Waals surface area contributed by atoms with Crippen LogP contribution < -0.4 is 0 Å². The highest BCUT2D eigenvalue weighted by Crippen LogP contribution is 2.38. The first-order valence-corrected chi connectivity index (χ1v) is 13.2.